The van der Waals surface area contributed by atoms with E-state index in [9.17, 15) is 4.79 Å². The standard InChI is InChI=1S/C10H19N3O/c1-4-5-13-8(2)7-12(3)9(6-11)10(13)14/h4,8-9H,1,5-7,11H2,2-3H3. The summed E-state index contributed by atoms with van der Waals surface area (Å²) in [5.41, 5.74) is 5.57. The molecule has 4 nitrogen and oxygen atoms in total. The fourth-order valence-corrected chi connectivity index (χ4v) is 1.93. The molecule has 0 aromatic heterocycles. The van der Waals surface area contributed by atoms with Gasteiger partial charge in [-0.2, -0.15) is 0 Å². The molecule has 0 radical (unpaired) electrons. The van der Waals surface area contributed by atoms with Crippen LogP contribution < -0.4 is 5.73 Å². The van der Waals surface area contributed by atoms with Crippen molar-refractivity contribution in [3.05, 3.63) is 12.7 Å². The van der Waals surface area contributed by atoms with Crippen molar-refractivity contribution in [1.82, 2.24) is 9.80 Å². The Morgan fingerprint density at radius 2 is 2.36 bits per heavy atom. The molecule has 1 aliphatic heterocycles. The minimum Gasteiger partial charge on any atom is -0.334 e. The second kappa shape index (κ2) is 4.57. The van der Waals surface area contributed by atoms with Crippen LogP contribution in [0.25, 0.3) is 0 Å². The fourth-order valence-electron chi connectivity index (χ4n) is 1.93. The molecule has 0 aromatic carbocycles. The molecule has 2 N–H and O–H groups in total. The van der Waals surface area contributed by atoms with E-state index < -0.39 is 0 Å². The van der Waals surface area contributed by atoms with Gasteiger partial charge in [0.1, 0.15) is 6.04 Å². The molecule has 0 bridgehead atoms. The summed E-state index contributed by atoms with van der Waals surface area (Å²) in [4.78, 5) is 15.8. The first-order valence-electron chi connectivity index (χ1n) is 4.93. The molecule has 1 amide bonds. The Morgan fingerprint density at radius 1 is 1.71 bits per heavy atom. The topological polar surface area (TPSA) is 49.6 Å². The molecule has 0 saturated carbocycles. The molecule has 2 unspecified atom stereocenters. The van der Waals surface area contributed by atoms with Crippen LogP contribution in [0.1, 0.15) is 6.92 Å². The molecule has 1 rings (SSSR count). The maximum Gasteiger partial charge on any atom is 0.241 e. The highest BCUT2D eigenvalue weighted by molar-refractivity contribution is 5.83. The lowest BCUT2D eigenvalue weighted by molar-refractivity contribution is -0.143. The summed E-state index contributed by atoms with van der Waals surface area (Å²) in [7, 11) is 1.94. The Hall–Kier alpha value is -0.870. The lowest BCUT2D eigenvalue weighted by atomic mass is 10.1. The van der Waals surface area contributed by atoms with Crippen LogP contribution in [-0.4, -0.2) is 54.5 Å². The summed E-state index contributed by atoms with van der Waals surface area (Å²) < 4.78 is 0. The molecule has 2 atom stereocenters. The van der Waals surface area contributed by atoms with Gasteiger partial charge in [0.15, 0.2) is 0 Å². The summed E-state index contributed by atoms with van der Waals surface area (Å²) in [6, 6.07) is 0.0828. The van der Waals surface area contributed by atoms with E-state index in [-0.39, 0.29) is 18.0 Å². The van der Waals surface area contributed by atoms with Crippen molar-refractivity contribution in [1.29, 1.82) is 0 Å². The third-order valence-corrected chi connectivity index (χ3v) is 2.73. The second-order valence-electron chi connectivity index (χ2n) is 3.82. The monoisotopic (exact) mass is 197 g/mol. The molecule has 4 heteroatoms. The highest BCUT2D eigenvalue weighted by atomic mass is 16.2. The molecule has 14 heavy (non-hydrogen) atoms. The second-order valence-corrected chi connectivity index (χ2v) is 3.82. The minimum absolute atomic E-state index is 0.119. The van der Waals surface area contributed by atoms with E-state index in [0.29, 0.717) is 13.1 Å². The van der Waals surface area contributed by atoms with Gasteiger partial charge in [0.05, 0.1) is 0 Å². The zero-order chi connectivity index (χ0) is 10.7. The van der Waals surface area contributed by atoms with Crippen molar-refractivity contribution in [2.24, 2.45) is 5.73 Å². The summed E-state index contributed by atoms with van der Waals surface area (Å²) >= 11 is 0. The van der Waals surface area contributed by atoms with Gasteiger partial charge in [0, 0.05) is 25.7 Å². The number of piperazine rings is 1. The van der Waals surface area contributed by atoms with Crippen LogP contribution >= 0.6 is 0 Å². The zero-order valence-corrected chi connectivity index (χ0v) is 8.94. The van der Waals surface area contributed by atoms with Crippen molar-refractivity contribution in [3.8, 4) is 0 Å². The molecule has 1 aliphatic rings. The van der Waals surface area contributed by atoms with E-state index in [1.807, 2.05) is 23.8 Å². The Balaban J connectivity index is 2.76. The fraction of sp³-hybridized carbons (Fsp3) is 0.700. The smallest absolute Gasteiger partial charge is 0.241 e. The van der Waals surface area contributed by atoms with E-state index in [2.05, 4.69) is 6.58 Å². The first-order valence-corrected chi connectivity index (χ1v) is 4.93. The number of carbonyl (C=O) groups excluding carboxylic acids is 1. The normalized spacial score (nSPS) is 29.4. The van der Waals surface area contributed by atoms with Gasteiger partial charge in [-0.05, 0) is 14.0 Å². The van der Waals surface area contributed by atoms with Crippen LogP contribution in [0.4, 0.5) is 0 Å². The Labute approximate surface area is 85.3 Å². The number of carbonyl (C=O) groups is 1. The van der Waals surface area contributed by atoms with E-state index in [1.165, 1.54) is 0 Å². The summed E-state index contributed by atoms with van der Waals surface area (Å²) in [5.74, 6) is 0.119. The van der Waals surface area contributed by atoms with Gasteiger partial charge >= 0.3 is 0 Å². The SMILES string of the molecule is C=CCN1C(=O)C(CN)N(C)CC1C. The number of nitrogens with two attached hydrogens (primary N) is 1. The molecule has 0 spiro atoms. The Morgan fingerprint density at radius 3 is 2.86 bits per heavy atom. The Kier molecular flexibility index (Phi) is 3.66. The molecule has 1 saturated heterocycles. The predicted molar refractivity (Wildman–Crippen MR) is 56.8 cm³/mol. The highest BCUT2D eigenvalue weighted by Gasteiger charge is 2.34. The quantitative estimate of drug-likeness (QED) is 0.630. The van der Waals surface area contributed by atoms with Crippen LogP contribution in [-0.2, 0) is 4.79 Å². The number of hydrogen-bond donors (Lipinski definition) is 1. The maximum absolute atomic E-state index is 11.9. The molecular weight excluding hydrogens is 178 g/mol. The van der Waals surface area contributed by atoms with Crippen molar-refractivity contribution < 1.29 is 4.79 Å². The van der Waals surface area contributed by atoms with E-state index in [0.717, 1.165) is 6.54 Å². The molecule has 80 valence electrons. The molecule has 0 aromatic rings. The van der Waals surface area contributed by atoms with Crippen molar-refractivity contribution in [2.75, 3.05) is 26.7 Å². The van der Waals surface area contributed by atoms with Crippen molar-refractivity contribution >= 4 is 5.91 Å². The van der Waals surface area contributed by atoms with Gasteiger partial charge in [-0.1, -0.05) is 6.08 Å². The van der Waals surface area contributed by atoms with Crippen LogP contribution in [0.5, 0.6) is 0 Å². The molecule has 1 heterocycles. The van der Waals surface area contributed by atoms with Gasteiger partial charge in [0.25, 0.3) is 0 Å². The third kappa shape index (κ3) is 1.96. The van der Waals surface area contributed by atoms with Crippen LogP contribution in [0, 0.1) is 0 Å². The van der Waals surface area contributed by atoms with E-state index >= 15 is 0 Å². The maximum atomic E-state index is 11.9. The lowest BCUT2D eigenvalue weighted by Gasteiger charge is -2.42. The van der Waals surface area contributed by atoms with Crippen LogP contribution in [0.3, 0.4) is 0 Å². The zero-order valence-electron chi connectivity index (χ0n) is 8.94. The van der Waals surface area contributed by atoms with Gasteiger partial charge < -0.3 is 10.6 Å². The van der Waals surface area contributed by atoms with Gasteiger partial charge in [-0.25, -0.2) is 0 Å². The van der Waals surface area contributed by atoms with Gasteiger partial charge in [-0.15, -0.1) is 6.58 Å². The van der Waals surface area contributed by atoms with E-state index in [1.54, 1.807) is 6.08 Å². The summed E-state index contributed by atoms with van der Waals surface area (Å²) in [6.45, 7) is 7.58. The number of rotatable bonds is 3. The minimum atomic E-state index is -0.161. The summed E-state index contributed by atoms with van der Waals surface area (Å²) in [6.07, 6.45) is 1.76. The average molecular weight is 197 g/mol. The van der Waals surface area contributed by atoms with Crippen molar-refractivity contribution in [3.63, 3.8) is 0 Å². The molecule has 1 fully saturated rings. The third-order valence-electron chi connectivity index (χ3n) is 2.73. The largest absolute Gasteiger partial charge is 0.334 e. The first-order chi connectivity index (χ1) is 6.61. The van der Waals surface area contributed by atoms with E-state index in [4.69, 9.17) is 5.73 Å². The van der Waals surface area contributed by atoms with Crippen LogP contribution in [0.2, 0.25) is 0 Å². The number of hydrogen-bond acceptors (Lipinski definition) is 3. The van der Waals surface area contributed by atoms with Crippen molar-refractivity contribution in [2.45, 2.75) is 19.0 Å². The van der Waals surface area contributed by atoms with Gasteiger partial charge in [0.2, 0.25) is 5.91 Å². The summed E-state index contributed by atoms with van der Waals surface area (Å²) in [5, 5.41) is 0. The first kappa shape index (κ1) is 11.2. The highest BCUT2D eigenvalue weighted by Crippen LogP contribution is 2.14. The van der Waals surface area contributed by atoms with Crippen LogP contribution in [0.15, 0.2) is 12.7 Å². The molecule has 0 aliphatic carbocycles. The number of nitrogens with zero attached hydrogens (tertiary/aromatic N) is 2. The average Bonchev–Trinajstić information content (AvgIpc) is 2.12. The Bertz CT molecular complexity index is 229. The lowest BCUT2D eigenvalue weighted by Crippen LogP contribution is -2.61. The molecular formula is C10H19N3O. The van der Waals surface area contributed by atoms with Gasteiger partial charge in [-0.3, -0.25) is 9.69 Å². The predicted octanol–water partition coefficient (Wildman–Crippen LogP) is -0.338. The number of likely N-dealkylation sites (N-methyl/N-ethyl adjacent to an activating group) is 1. The number of amides is 1.